The first-order valence-corrected chi connectivity index (χ1v) is 9.87. The van der Waals surface area contributed by atoms with Gasteiger partial charge in [0.05, 0.1) is 18.6 Å². The molecule has 1 aromatic carbocycles. The fourth-order valence-electron chi connectivity index (χ4n) is 2.51. The average molecular weight is 363 g/mol. The molecular formula is C18H21NO5S. The zero-order chi connectivity index (χ0) is 17.9. The number of amides is 1. The summed E-state index contributed by atoms with van der Waals surface area (Å²) in [7, 11) is -3.57. The topological polar surface area (TPSA) is 76.8 Å². The van der Waals surface area contributed by atoms with Crippen LogP contribution in [0.15, 0.2) is 47.1 Å². The highest BCUT2D eigenvalue weighted by atomic mass is 32.2. The maximum absolute atomic E-state index is 12.6. The summed E-state index contributed by atoms with van der Waals surface area (Å²) < 4.78 is 33.6. The van der Waals surface area contributed by atoms with E-state index in [1.807, 2.05) is 12.1 Å². The maximum Gasteiger partial charge on any atom is 0.308 e. The lowest BCUT2D eigenvalue weighted by atomic mass is 10.2. The van der Waals surface area contributed by atoms with Crippen molar-refractivity contribution in [3.63, 3.8) is 0 Å². The van der Waals surface area contributed by atoms with Crippen molar-refractivity contribution in [2.75, 3.05) is 5.75 Å². The highest BCUT2D eigenvalue weighted by molar-refractivity contribution is 7.87. The molecule has 2 aromatic rings. The molecule has 3 rings (SSSR count). The largest absolute Gasteiger partial charge is 0.467 e. The monoisotopic (exact) mass is 363 g/mol. The van der Waals surface area contributed by atoms with Crippen molar-refractivity contribution >= 4 is 16.0 Å². The fraction of sp³-hybridized carbons (Fsp3) is 0.389. The van der Waals surface area contributed by atoms with Crippen molar-refractivity contribution in [1.29, 1.82) is 0 Å². The molecule has 7 heteroatoms. The number of benzene rings is 1. The molecule has 0 saturated heterocycles. The lowest BCUT2D eigenvalue weighted by molar-refractivity contribution is -0.134. The highest BCUT2D eigenvalue weighted by Gasteiger charge is 2.33. The summed E-state index contributed by atoms with van der Waals surface area (Å²) >= 11 is 0. The molecule has 1 saturated carbocycles. The Labute approximate surface area is 147 Å². The third-order valence-corrected chi connectivity index (χ3v) is 5.17. The van der Waals surface area contributed by atoms with E-state index in [9.17, 15) is 13.2 Å². The standard InChI is InChI=1S/C18H21NO5S/c1-2-25(21,22)24-16-6-3-5-14(11-16)12-19(18(20)15-8-9-15)13-17-7-4-10-23-17/h3-7,10-11,15H,2,8-9,12-13H2,1H3. The van der Waals surface area contributed by atoms with E-state index in [2.05, 4.69) is 0 Å². The predicted octanol–water partition coefficient (Wildman–Crippen LogP) is 2.95. The van der Waals surface area contributed by atoms with Crippen molar-refractivity contribution in [3.05, 3.63) is 54.0 Å². The van der Waals surface area contributed by atoms with E-state index >= 15 is 0 Å². The molecule has 0 spiro atoms. The van der Waals surface area contributed by atoms with E-state index < -0.39 is 10.1 Å². The Bertz CT molecular complexity index is 825. The number of nitrogens with zero attached hydrogens (tertiary/aromatic N) is 1. The smallest absolute Gasteiger partial charge is 0.308 e. The number of hydrogen-bond donors (Lipinski definition) is 0. The number of rotatable bonds is 8. The second-order valence-electron chi connectivity index (χ2n) is 6.13. The Kier molecular flexibility index (Phi) is 5.13. The molecule has 1 amide bonds. The summed E-state index contributed by atoms with van der Waals surface area (Å²) in [6, 6.07) is 10.4. The first-order chi connectivity index (χ1) is 12.0. The van der Waals surface area contributed by atoms with Crippen molar-refractivity contribution in [2.45, 2.75) is 32.9 Å². The summed E-state index contributed by atoms with van der Waals surface area (Å²) in [5.41, 5.74) is 0.810. The summed E-state index contributed by atoms with van der Waals surface area (Å²) in [5.74, 6) is 1.08. The van der Waals surface area contributed by atoms with E-state index in [4.69, 9.17) is 8.60 Å². The third kappa shape index (κ3) is 4.85. The van der Waals surface area contributed by atoms with Crippen LogP contribution in [0.4, 0.5) is 0 Å². The van der Waals surface area contributed by atoms with Crippen LogP contribution < -0.4 is 4.18 Å². The molecule has 0 unspecified atom stereocenters. The van der Waals surface area contributed by atoms with Crippen LogP contribution in [-0.2, 0) is 28.0 Å². The van der Waals surface area contributed by atoms with Crippen LogP contribution >= 0.6 is 0 Å². The molecule has 1 aliphatic carbocycles. The SMILES string of the molecule is CCS(=O)(=O)Oc1cccc(CN(Cc2ccco2)C(=O)C2CC2)c1. The van der Waals surface area contributed by atoms with Gasteiger partial charge in [-0.15, -0.1) is 0 Å². The number of carbonyl (C=O) groups excluding carboxylic acids is 1. The normalized spacial score (nSPS) is 14.3. The first-order valence-electron chi connectivity index (χ1n) is 8.29. The number of hydrogen-bond acceptors (Lipinski definition) is 5. The van der Waals surface area contributed by atoms with Crippen LogP contribution in [0.3, 0.4) is 0 Å². The van der Waals surface area contributed by atoms with Crippen LogP contribution in [-0.4, -0.2) is 25.0 Å². The van der Waals surface area contributed by atoms with Crippen LogP contribution in [0, 0.1) is 5.92 Å². The Hall–Kier alpha value is -2.28. The Morgan fingerprint density at radius 2 is 2.04 bits per heavy atom. The van der Waals surface area contributed by atoms with Crippen LogP contribution in [0.25, 0.3) is 0 Å². The van der Waals surface area contributed by atoms with E-state index in [1.165, 1.54) is 6.92 Å². The molecule has 0 N–H and O–H groups in total. The molecule has 1 fully saturated rings. The van der Waals surface area contributed by atoms with Crippen LogP contribution in [0.5, 0.6) is 5.75 Å². The summed E-state index contributed by atoms with van der Waals surface area (Å²) in [4.78, 5) is 14.3. The van der Waals surface area contributed by atoms with Gasteiger partial charge in [-0.3, -0.25) is 4.79 Å². The number of furan rings is 1. The van der Waals surface area contributed by atoms with Gasteiger partial charge in [0, 0.05) is 12.5 Å². The molecule has 0 radical (unpaired) electrons. The van der Waals surface area contributed by atoms with Gasteiger partial charge in [0.15, 0.2) is 0 Å². The van der Waals surface area contributed by atoms with E-state index in [1.54, 1.807) is 35.4 Å². The lowest BCUT2D eigenvalue weighted by Crippen LogP contribution is -2.31. The summed E-state index contributed by atoms with van der Waals surface area (Å²) in [6.45, 7) is 2.29. The van der Waals surface area contributed by atoms with Gasteiger partial charge < -0.3 is 13.5 Å². The molecule has 25 heavy (non-hydrogen) atoms. The van der Waals surface area contributed by atoms with Gasteiger partial charge >= 0.3 is 10.1 Å². The van der Waals surface area contributed by atoms with Gasteiger partial charge in [-0.25, -0.2) is 0 Å². The van der Waals surface area contributed by atoms with Crippen molar-refractivity contribution in [1.82, 2.24) is 4.90 Å². The molecule has 1 aliphatic rings. The van der Waals surface area contributed by atoms with E-state index in [-0.39, 0.29) is 23.3 Å². The predicted molar refractivity (Wildman–Crippen MR) is 92.2 cm³/mol. The van der Waals surface area contributed by atoms with Gasteiger partial charge in [0.2, 0.25) is 5.91 Å². The minimum atomic E-state index is -3.57. The molecule has 134 valence electrons. The zero-order valence-electron chi connectivity index (χ0n) is 14.1. The highest BCUT2D eigenvalue weighted by Crippen LogP contribution is 2.32. The maximum atomic E-state index is 12.6. The second kappa shape index (κ2) is 7.31. The summed E-state index contributed by atoms with van der Waals surface area (Å²) in [5, 5.41) is 0. The Morgan fingerprint density at radius 3 is 2.68 bits per heavy atom. The molecular weight excluding hydrogens is 342 g/mol. The first kappa shape index (κ1) is 17.5. The fourth-order valence-corrected chi connectivity index (χ4v) is 3.03. The minimum absolute atomic E-state index is 0.0925. The lowest BCUT2D eigenvalue weighted by Gasteiger charge is -2.22. The van der Waals surface area contributed by atoms with Crippen LogP contribution in [0.2, 0.25) is 0 Å². The number of carbonyl (C=O) groups is 1. The van der Waals surface area contributed by atoms with Gasteiger partial charge in [0.1, 0.15) is 11.5 Å². The Balaban J connectivity index is 1.75. The Morgan fingerprint density at radius 1 is 1.24 bits per heavy atom. The molecule has 0 aliphatic heterocycles. The van der Waals surface area contributed by atoms with Crippen molar-refractivity contribution in [3.8, 4) is 5.75 Å². The second-order valence-corrected chi connectivity index (χ2v) is 7.98. The van der Waals surface area contributed by atoms with Crippen molar-refractivity contribution in [2.24, 2.45) is 5.92 Å². The zero-order valence-corrected chi connectivity index (χ0v) is 14.9. The van der Waals surface area contributed by atoms with Gasteiger partial charge in [-0.2, -0.15) is 8.42 Å². The van der Waals surface area contributed by atoms with Gasteiger partial charge in [-0.1, -0.05) is 12.1 Å². The van der Waals surface area contributed by atoms with Crippen molar-refractivity contribution < 1.29 is 21.8 Å². The van der Waals surface area contributed by atoms with E-state index in [0.29, 0.717) is 13.1 Å². The quantitative estimate of drug-likeness (QED) is 0.674. The van der Waals surface area contributed by atoms with Gasteiger partial charge in [0.25, 0.3) is 0 Å². The van der Waals surface area contributed by atoms with E-state index in [0.717, 1.165) is 24.2 Å². The molecule has 1 heterocycles. The third-order valence-electron chi connectivity index (χ3n) is 4.01. The molecule has 1 aromatic heterocycles. The molecule has 6 nitrogen and oxygen atoms in total. The minimum Gasteiger partial charge on any atom is -0.467 e. The summed E-state index contributed by atoms with van der Waals surface area (Å²) in [6.07, 6.45) is 3.43. The van der Waals surface area contributed by atoms with Gasteiger partial charge in [-0.05, 0) is 49.6 Å². The van der Waals surface area contributed by atoms with Crippen LogP contribution in [0.1, 0.15) is 31.1 Å². The molecule has 0 bridgehead atoms. The average Bonchev–Trinajstić information content (AvgIpc) is 3.31. The molecule has 0 atom stereocenters.